The molecule has 2 atom stereocenters. The molecule has 0 saturated carbocycles. The maximum Gasteiger partial charge on any atom is 0.123 e. The molecule has 0 heterocycles. The normalized spacial score (nSPS) is 14.8. The summed E-state index contributed by atoms with van der Waals surface area (Å²) >= 11 is 0. The van der Waals surface area contributed by atoms with Gasteiger partial charge in [-0.2, -0.15) is 0 Å². The molecule has 0 fully saturated rings. The summed E-state index contributed by atoms with van der Waals surface area (Å²) in [5.41, 5.74) is 0.910. The summed E-state index contributed by atoms with van der Waals surface area (Å²) in [6, 6.07) is 5.35. The number of methoxy groups -OCH3 is 1. The van der Waals surface area contributed by atoms with Crippen molar-refractivity contribution < 1.29 is 9.13 Å². The first-order valence-corrected chi connectivity index (χ1v) is 6.05. The molecule has 3 heteroatoms. The molecule has 1 N–H and O–H groups in total. The van der Waals surface area contributed by atoms with E-state index in [1.165, 1.54) is 6.07 Å². The number of hydrogen-bond acceptors (Lipinski definition) is 2. The van der Waals surface area contributed by atoms with E-state index in [0.29, 0.717) is 6.04 Å². The fraction of sp³-hybridized carbons (Fsp3) is 0.571. The Balaban J connectivity index is 2.93. The lowest BCUT2D eigenvalue weighted by molar-refractivity contribution is 0.388. The standard InChI is InChI=1S/C14H22FNO/c1-9(2)16-11(4)10(3)13-8-12(15)6-7-14(13)17-5/h6-11,16H,1-5H3. The highest BCUT2D eigenvalue weighted by atomic mass is 19.1. The third kappa shape index (κ3) is 3.70. The SMILES string of the molecule is COc1ccc(F)cc1C(C)C(C)NC(C)C. The Morgan fingerprint density at radius 1 is 1.18 bits per heavy atom. The molecular weight excluding hydrogens is 217 g/mol. The zero-order valence-electron chi connectivity index (χ0n) is 11.3. The van der Waals surface area contributed by atoms with Crippen molar-refractivity contribution in [3.8, 4) is 5.75 Å². The maximum absolute atomic E-state index is 13.3. The Labute approximate surface area is 103 Å². The summed E-state index contributed by atoms with van der Waals surface area (Å²) in [5, 5.41) is 3.43. The number of nitrogens with one attached hydrogen (secondary N) is 1. The molecule has 0 aliphatic rings. The van der Waals surface area contributed by atoms with E-state index in [9.17, 15) is 4.39 Å². The van der Waals surface area contributed by atoms with Crippen LogP contribution in [0.5, 0.6) is 5.75 Å². The number of benzene rings is 1. The van der Waals surface area contributed by atoms with E-state index in [0.717, 1.165) is 11.3 Å². The fourth-order valence-electron chi connectivity index (χ4n) is 2.00. The summed E-state index contributed by atoms with van der Waals surface area (Å²) in [6.07, 6.45) is 0. The Morgan fingerprint density at radius 2 is 1.82 bits per heavy atom. The summed E-state index contributed by atoms with van der Waals surface area (Å²) in [6.45, 7) is 8.39. The summed E-state index contributed by atoms with van der Waals surface area (Å²) in [4.78, 5) is 0. The number of ether oxygens (including phenoxy) is 1. The van der Waals surface area contributed by atoms with Crippen LogP contribution in [0.4, 0.5) is 4.39 Å². The van der Waals surface area contributed by atoms with Gasteiger partial charge in [0.25, 0.3) is 0 Å². The van der Waals surface area contributed by atoms with E-state index in [1.807, 2.05) is 0 Å². The van der Waals surface area contributed by atoms with Crippen molar-refractivity contribution in [2.24, 2.45) is 0 Å². The molecule has 2 nitrogen and oxygen atoms in total. The van der Waals surface area contributed by atoms with Crippen molar-refractivity contribution in [3.63, 3.8) is 0 Å². The van der Waals surface area contributed by atoms with Crippen molar-refractivity contribution in [3.05, 3.63) is 29.6 Å². The van der Waals surface area contributed by atoms with Crippen LogP contribution in [0.1, 0.15) is 39.2 Å². The highest BCUT2D eigenvalue weighted by Crippen LogP contribution is 2.29. The molecule has 2 unspecified atom stereocenters. The van der Waals surface area contributed by atoms with Crippen LogP contribution in [0.15, 0.2) is 18.2 Å². The van der Waals surface area contributed by atoms with Gasteiger partial charge in [0.05, 0.1) is 7.11 Å². The molecule has 17 heavy (non-hydrogen) atoms. The molecule has 96 valence electrons. The Kier molecular flexibility index (Phi) is 4.94. The second-order valence-electron chi connectivity index (χ2n) is 4.78. The smallest absolute Gasteiger partial charge is 0.123 e. The van der Waals surface area contributed by atoms with Crippen LogP contribution in [-0.2, 0) is 0 Å². The molecule has 0 aliphatic heterocycles. The average molecular weight is 239 g/mol. The van der Waals surface area contributed by atoms with Gasteiger partial charge in [0.1, 0.15) is 11.6 Å². The largest absolute Gasteiger partial charge is 0.496 e. The molecule has 0 saturated heterocycles. The van der Waals surface area contributed by atoms with Gasteiger partial charge in [-0.15, -0.1) is 0 Å². The first kappa shape index (κ1) is 14.0. The molecule has 0 aromatic heterocycles. The summed E-state index contributed by atoms with van der Waals surface area (Å²) < 4.78 is 18.6. The van der Waals surface area contributed by atoms with Crippen LogP contribution < -0.4 is 10.1 Å². The van der Waals surface area contributed by atoms with Crippen LogP contribution in [0.2, 0.25) is 0 Å². The van der Waals surface area contributed by atoms with Gasteiger partial charge in [0.2, 0.25) is 0 Å². The minimum Gasteiger partial charge on any atom is -0.496 e. The molecular formula is C14H22FNO. The molecule has 1 aromatic carbocycles. The molecule has 0 amide bonds. The van der Waals surface area contributed by atoms with Crippen LogP contribution in [0, 0.1) is 5.82 Å². The van der Waals surface area contributed by atoms with Crippen molar-refractivity contribution >= 4 is 0 Å². The Hall–Kier alpha value is -1.09. The fourth-order valence-corrected chi connectivity index (χ4v) is 2.00. The predicted octanol–water partition coefficient (Wildman–Crippen LogP) is 3.32. The second kappa shape index (κ2) is 6.01. The number of hydrogen-bond donors (Lipinski definition) is 1. The zero-order chi connectivity index (χ0) is 13.0. The molecule has 1 rings (SSSR count). The third-order valence-corrected chi connectivity index (χ3v) is 3.03. The van der Waals surface area contributed by atoms with Crippen LogP contribution in [0.25, 0.3) is 0 Å². The van der Waals surface area contributed by atoms with Gasteiger partial charge in [-0.05, 0) is 31.0 Å². The Morgan fingerprint density at radius 3 is 2.35 bits per heavy atom. The second-order valence-corrected chi connectivity index (χ2v) is 4.78. The molecule has 0 aliphatic carbocycles. The summed E-state index contributed by atoms with van der Waals surface area (Å²) in [7, 11) is 1.62. The summed E-state index contributed by atoms with van der Waals surface area (Å²) in [5.74, 6) is 0.726. The highest BCUT2D eigenvalue weighted by Gasteiger charge is 2.19. The van der Waals surface area contributed by atoms with E-state index in [2.05, 4.69) is 33.0 Å². The van der Waals surface area contributed by atoms with Crippen molar-refractivity contribution in [2.45, 2.75) is 45.7 Å². The van der Waals surface area contributed by atoms with Gasteiger partial charge in [-0.1, -0.05) is 20.8 Å². The van der Waals surface area contributed by atoms with Gasteiger partial charge < -0.3 is 10.1 Å². The third-order valence-electron chi connectivity index (χ3n) is 3.03. The zero-order valence-corrected chi connectivity index (χ0v) is 11.3. The quantitative estimate of drug-likeness (QED) is 0.851. The van der Waals surface area contributed by atoms with E-state index >= 15 is 0 Å². The van der Waals surface area contributed by atoms with Crippen LogP contribution in [-0.4, -0.2) is 19.2 Å². The van der Waals surface area contributed by atoms with E-state index < -0.39 is 0 Å². The highest BCUT2D eigenvalue weighted by molar-refractivity contribution is 5.37. The van der Waals surface area contributed by atoms with Crippen molar-refractivity contribution in [1.82, 2.24) is 5.32 Å². The van der Waals surface area contributed by atoms with Gasteiger partial charge >= 0.3 is 0 Å². The molecule has 0 spiro atoms. The lowest BCUT2D eigenvalue weighted by atomic mass is 9.93. The van der Waals surface area contributed by atoms with Crippen LogP contribution in [0.3, 0.4) is 0 Å². The minimum atomic E-state index is -0.218. The maximum atomic E-state index is 13.3. The average Bonchev–Trinajstić information content (AvgIpc) is 2.27. The lowest BCUT2D eigenvalue weighted by Gasteiger charge is -2.25. The van der Waals surface area contributed by atoms with Gasteiger partial charge in [-0.25, -0.2) is 4.39 Å². The topological polar surface area (TPSA) is 21.3 Å². The molecule has 1 aromatic rings. The number of halogens is 1. The van der Waals surface area contributed by atoms with Crippen molar-refractivity contribution in [2.75, 3.05) is 7.11 Å². The van der Waals surface area contributed by atoms with E-state index in [-0.39, 0.29) is 17.8 Å². The molecule has 0 bridgehead atoms. The van der Waals surface area contributed by atoms with Gasteiger partial charge in [0.15, 0.2) is 0 Å². The minimum absolute atomic E-state index is 0.197. The first-order valence-electron chi connectivity index (χ1n) is 6.05. The number of rotatable bonds is 5. The van der Waals surface area contributed by atoms with E-state index in [4.69, 9.17) is 4.74 Å². The van der Waals surface area contributed by atoms with Crippen LogP contribution >= 0.6 is 0 Å². The lowest BCUT2D eigenvalue weighted by Crippen LogP contribution is -2.36. The Bertz CT molecular complexity index is 365. The molecule has 0 radical (unpaired) electrons. The van der Waals surface area contributed by atoms with Gasteiger partial charge in [0, 0.05) is 17.6 Å². The van der Waals surface area contributed by atoms with Crippen molar-refractivity contribution in [1.29, 1.82) is 0 Å². The van der Waals surface area contributed by atoms with E-state index in [1.54, 1.807) is 19.2 Å². The van der Waals surface area contributed by atoms with Gasteiger partial charge in [-0.3, -0.25) is 0 Å². The predicted molar refractivity (Wildman–Crippen MR) is 69.1 cm³/mol. The first-order chi connectivity index (χ1) is 7.95. The monoisotopic (exact) mass is 239 g/mol.